The van der Waals surface area contributed by atoms with E-state index in [1.807, 2.05) is 13.0 Å². The van der Waals surface area contributed by atoms with Crippen LogP contribution in [0.3, 0.4) is 0 Å². The highest BCUT2D eigenvalue weighted by atomic mass is 16.5. The molecule has 0 saturated heterocycles. The summed E-state index contributed by atoms with van der Waals surface area (Å²) in [5, 5.41) is 0. The fraction of sp³-hybridized carbons (Fsp3) is 0.562. The van der Waals surface area contributed by atoms with Gasteiger partial charge in [0.05, 0.1) is 18.8 Å². The number of hydrogen-bond acceptors (Lipinski definition) is 3. The SMILES string of the molecule is CCOc1cccc(C=O)c1OCCCC(C)(C)C. The second-order valence-electron chi connectivity index (χ2n) is 5.74. The van der Waals surface area contributed by atoms with Crippen molar-refractivity contribution >= 4 is 6.29 Å². The standard InChI is InChI=1S/C16H24O3/c1-5-18-14-9-6-8-13(12-17)15(14)19-11-7-10-16(2,3)4/h6,8-9,12H,5,7,10-11H2,1-4H3. The van der Waals surface area contributed by atoms with Crippen LogP contribution < -0.4 is 9.47 Å². The monoisotopic (exact) mass is 264 g/mol. The van der Waals surface area contributed by atoms with Gasteiger partial charge in [0.2, 0.25) is 0 Å². The summed E-state index contributed by atoms with van der Waals surface area (Å²) < 4.78 is 11.2. The predicted octanol–water partition coefficient (Wildman–Crippen LogP) is 4.10. The van der Waals surface area contributed by atoms with Crippen molar-refractivity contribution in [2.75, 3.05) is 13.2 Å². The molecule has 1 rings (SSSR count). The number of benzene rings is 1. The number of ether oxygens (including phenoxy) is 2. The van der Waals surface area contributed by atoms with E-state index in [-0.39, 0.29) is 0 Å². The molecular formula is C16H24O3. The van der Waals surface area contributed by atoms with Gasteiger partial charge < -0.3 is 9.47 Å². The second-order valence-corrected chi connectivity index (χ2v) is 5.74. The average Bonchev–Trinajstić information content (AvgIpc) is 2.35. The maximum Gasteiger partial charge on any atom is 0.171 e. The normalized spacial score (nSPS) is 11.2. The summed E-state index contributed by atoms with van der Waals surface area (Å²) in [5.74, 6) is 1.20. The lowest BCUT2D eigenvalue weighted by Gasteiger charge is -2.18. The molecule has 0 fully saturated rings. The third-order valence-corrected chi connectivity index (χ3v) is 2.75. The Balaban J connectivity index is 2.67. The molecule has 0 aliphatic carbocycles. The Bertz CT molecular complexity index is 405. The van der Waals surface area contributed by atoms with Crippen LogP contribution in [0.5, 0.6) is 11.5 Å². The summed E-state index contributed by atoms with van der Waals surface area (Å²) in [6, 6.07) is 5.38. The Morgan fingerprint density at radius 2 is 1.95 bits per heavy atom. The van der Waals surface area contributed by atoms with Crippen LogP contribution in [0.2, 0.25) is 0 Å². The van der Waals surface area contributed by atoms with Crippen molar-refractivity contribution in [3.63, 3.8) is 0 Å². The number of rotatable bonds is 7. The predicted molar refractivity (Wildman–Crippen MR) is 77.2 cm³/mol. The van der Waals surface area contributed by atoms with Gasteiger partial charge in [0.1, 0.15) is 0 Å². The summed E-state index contributed by atoms with van der Waals surface area (Å²) in [6.45, 7) is 9.69. The maximum atomic E-state index is 11.0. The van der Waals surface area contributed by atoms with E-state index >= 15 is 0 Å². The topological polar surface area (TPSA) is 35.5 Å². The highest BCUT2D eigenvalue weighted by Crippen LogP contribution is 2.31. The molecule has 0 aliphatic rings. The number of carbonyl (C=O) groups excluding carboxylic acids is 1. The highest BCUT2D eigenvalue weighted by molar-refractivity contribution is 5.81. The zero-order chi connectivity index (χ0) is 14.3. The lowest BCUT2D eigenvalue weighted by molar-refractivity contribution is 0.111. The molecule has 0 aliphatic heterocycles. The van der Waals surface area contributed by atoms with Crippen LogP contribution >= 0.6 is 0 Å². The van der Waals surface area contributed by atoms with Crippen molar-refractivity contribution in [1.82, 2.24) is 0 Å². The minimum atomic E-state index is 0.302. The molecule has 0 bridgehead atoms. The molecule has 0 heterocycles. The van der Waals surface area contributed by atoms with Crippen LogP contribution in [-0.4, -0.2) is 19.5 Å². The molecule has 3 nitrogen and oxygen atoms in total. The van der Waals surface area contributed by atoms with Gasteiger partial charge in [0.15, 0.2) is 17.8 Å². The van der Waals surface area contributed by atoms with Crippen molar-refractivity contribution in [2.24, 2.45) is 5.41 Å². The Kier molecular flexibility index (Phi) is 5.87. The fourth-order valence-corrected chi connectivity index (χ4v) is 1.83. The van der Waals surface area contributed by atoms with E-state index in [0.717, 1.165) is 19.1 Å². The molecule has 0 aromatic heterocycles. The van der Waals surface area contributed by atoms with Crippen molar-refractivity contribution in [3.8, 4) is 11.5 Å². The zero-order valence-electron chi connectivity index (χ0n) is 12.4. The molecule has 0 spiro atoms. The van der Waals surface area contributed by atoms with Gasteiger partial charge in [-0.3, -0.25) is 4.79 Å². The Morgan fingerprint density at radius 1 is 1.21 bits per heavy atom. The van der Waals surface area contributed by atoms with Crippen LogP contribution in [0.15, 0.2) is 18.2 Å². The minimum absolute atomic E-state index is 0.302. The van der Waals surface area contributed by atoms with Crippen LogP contribution in [-0.2, 0) is 0 Å². The van der Waals surface area contributed by atoms with Gasteiger partial charge in [-0.05, 0) is 37.3 Å². The van der Waals surface area contributed by atoms with E-state index in [1.165, 1.54) is 0 Å². The molecule has 19 heavy (non-hydrogen) atoms. The molecular weight excluding hydrogens is 240 g/mol. The smallest absolute Gasteiger partial charge is 0.171 e. The molecule has 0 amide bonds. The highest BCUT2D eigenvalue weighted by Gasteiger charge is 2.12. The summed E-state index contributed by atoms with van der Waals surface area (Å²) >= 11 is 0. The first-order valence-electron chi connectivity index (χ1n) is 6.81. The molecule has 1 aromatic rings. The minimum Gasteiger partial charge on any atom is -0.490 e. The van der Waals surface area contributed by atoms with E-state index < -0.39 is 0 Å². The van der Waals surface area contributed by atoms with Crippen molar-refractivity contribution in [3.05, 3.63) is 23.8 Å². The first-order valence-corrected chi connectivity index (χ1v) is 6.81. The van der Waals surface area contributed by atoms with Gasteiger partial charge in [-0.2, -0.15) is 0 Å². The van der Waals surface area contributed by atoms with Gasteiger partial charge in [-0.15, -0.1) is 0 Å². The quantitative estimate of drug-likeness (QED) is 0.549. The second kappa shape index (κ2) is 7.17. The molecule has 3 heteroatoms. The molecule has 106 valence electrons. The molecule has 0 saturated carbocycles. The summed E-state index contributed by atoms with van der Waals surface area (Å²) in [6.07, 6.45) is 2.85. The van der Waals surface area contributed by atoms with E-state index in [9.17, 15) is 4.79 Å². The zero-order valence-corrected chi connectivity index (χ0v) is 12.4. The summed E-state index contributed by atoms with van der Waals surface area (Å²) in [7, 11) is 0. The molecule has 0 atom stereocenters. The largest absolute Gasteiger partial charge is 0.490 e. The Labute approximate surface area is 115 Å². The number of hydrogen-bond donors (Lipinski definition) is 0. The van der Waals surface area contributed by atoms with Gasteiger partial charge in [-0.1, -0.05) is 26.8 Å². The van der Waals surface area contributed by atoms with Gasteiger partial charge in [0, 0.05) is 0 Å². The first kappa shape index (κ1) is 15.5. The van der Waals surface area contributed by atoms with Gasteiger partial charge in [0.25, 0.3) is 0 Å². The van der Waals surface area contributed by atoms with E-state index in [0.29, 0.717) is 35.7 Å². The number of para-hydroxylation sites is 1. The third-order valence-electron chi connectivity index (χ3n) is 2.75. The molecule has 1 aromatic carbocycles. The first-order chi connectivity index (χ1) is 8.98. The van der Waals surface area contributed by atoms with Crippen LogP contribution in [0.4, 0.5) is 0 Å². The molecule has 0 unspecified atom stereocenters. The fourth-order valence-electron chi connectivity index (χ4n) is 1.83. The van der Waals surface area contributed by atoms with Crippen LogP contribution in [0.25, 0.3) is 0 Å². The van der Waals surface area contributed by atoms with Crippen LogP contribution in [0, 0.1) is 5.41 Å². The number of carbonyl (C=O) groups is 1. The molecule has 0 N–H and O–H groups in total. The lowest BCUT2D eigenvalue weighted by atomic mass is 9.91. The Hall–Kier alpha value is -1.51. The van der Waals surface area contributed by atoms with Gasteiger partial charge >= 0.3 is 0 Å². The van der Waals surface area contributed by atoms with Gasteiger partial charge in [-0.25, -0.2) is 0 Å². The molecule has 0 radical (unpaired) electrons. The average molecular weight is 264 g/mol. The number of aldehydes is 1. The van der Waals surface area contributed by atoms with Crippen molar-refractivity contribution in [1.29, 1.82) is 0 Å². The van der Waals surface area contributed by atoms with E-state index in [2.05, 4.69) is 20.8 Å². The summed E-state index contributed by atoms with van der Waals surface area (Å²) in [4.78, 5) is 11.0. The van der Waals surface area contributed by atoms with E-state index in [4.69, 9.17) is 9.47 Å². The van der Waals surface area contributed by atoms with Crippen molar-refractivity contribution < 1.29 is 14.3 Å². The van der Waals surface area contributed by atoms with Crippen LogP contribution in [0.1, 0.15) is 50.9 Å². The maximum absolute atomic E-state index is 11.0. The third kappa shape index (κ3) is 5.33. The van der Waals surface area contributed by atoms with E-state index in [1.54, 1.807) is 12.1 Å². The van der Waals surface area contributed by atoms with Crippen molar-refractivity contribution in [2.45, 2.75) is 40.5 Å². The Morgan fingerprint density at radius 3 is 2.53 bits per heavy atom. The summed E-state index contributed by atoms with van der Waals surface area (Å²) in [5.41, 5.74) is 0.845. The lowest BCUT2D eigenvalue weighted by Crippen LogP contribution is -2.09.